The van der Waals surface area contributed by atoms with Gasteiger partial charge in [0.05, 0.1) is 0 Å². The lowest BCUT2D eigenvalue weighted by Gasteiger charge is -2.10. The van der Waals surface area contributed by atoms with Crippen LogP contribution in [-0.4, -0.2) is 21.5 Å². The van der Waals surface area contributed by atoms with Crippen molar-refractivity contribution >= 4 is 10.0 Å². The highest BCUT2D eigenvalue weighted by atomic mass is 32.2. The summed E-state index contributed by atoms with van der Waals surface area (Å²) in [5, 5.41) is 2.90. The maximum Gasteiger partial charge on any atom is 0.243 e. The second kappa shape index (κ2) is 5.04. The third-order valence-corrected chi connectivity index (χ3v) is 6.42. The highest BCUT2D eigenvalue weighted by molar-refractivity contribution is 7.89. The molecule has 2 N–H and O–H groups in total. The normalized spacial score (nSPS) is 20.5. The van der Waals surface area contributed by atoms with Crippen LogP contribution >= 0.6 is 0 Å². The zero-order valence-corrected chi connectivity index (χ0v) is 13.9. The Kier molecular flexibility index (Phi) is 3.93. The van der Waals surface area contributed by atoms with E-state index in [4.69, 9.17) is 0 Å². The van der Waals surface area contributed by atoms with E-state index < -0.39 is 15.8 Å². The Morgan fingerprint density at radius 3 is 2.19 bits per heavy atom. The minimum Gasteiger partial charge on any atom is -0.316 e. The Hall–Kier alpha value is -0.980. The van der Waals surface area contributed by atoms with E-state index >= 15 is 0 Å². The largest absolute Gasteiger partial charge is 0.316 e. The number of halogens is 1. The lowest BCUT2D eigenvalue weighted by atomic mass is 10.0. The molecule has 1 fully saturated rings. The molecule has 0 aliphatic heterocycles. The number of hydrogen-bond donors (Lipinski definition) is 2. The third kappa shape index (κ3) is 2.72. The van der Waals surface area contributed by atoms with Crippen LogP contribution in [-0.2, 0) is 16.6 Å². The van der Waals surface area contributed by atoms with Gasteiger partial charge < -0.3 is 5.32 Å². The molecule has 0 saturated heterocycles. The highest BCUT2D eigenvalue weighted by Gasteiger charge is 2.66. The molecular weight excluding hydrogens is 291 g/mol. The molecule has 1 aromatic carbocycles. The molecule has 0 bridgehead atoms. The molecule has 0 atom stereocenters. The first kappa shape index (κ1) is 16.4. The molecule has 0 spiro atoms. The average molecular weight is 314 g/mol. The van der Waals surface area contributed by atoms with Crippen LogP contribution in [0.15, 0.2) is 23.1 Å². The summed E-state index contributed by atoms with van der Waals surface area (Å²) in [5.41, 5.74) is 0.437. The number of hydrogen-bond acceptors (Lipinski definition) is 3. The predicted octanol–water partition coefficient (Wildman–Crippen LogP) is 2.26. The summed E-state index contributed by atoms with van der Waals surface area (Å²) in [5.74, 6) is -0.716. The van der Waals surface area contributed by atoms with E-state index in [-0.39, 0.29) is 21.8 Å². The van der Waals surface area contributed by atoms with Gasteiger partial charge in [-0.25, -0.2) is 17.5 Å². The molecule has 2 rings (SSSR count). The standard InChI is InChI=1S/C15H23FN2O2S/c1-14(2)13(15(14,3)4)18-21(19,20)12-7-6-10(9-17-5)8-11(12)16/h6-8,13,17-18H,9H2,1-5H3. The van der Waals surface area contributed by atoms with E-state index in [2.05, 4.69) is 10.0 Å². The third-order valence-electron chi connectivity index (χ3n) is 4.96. The van der Waals surface area contributed by atoms with Gasteiger partial charge >= 0.3 is 0 Å². The molecule has 1 aliphatic rings. The van der Waals surface area contributed by atoms with Gasteiger partial charge in [-0.05, 0) is 35.6 Å². The molecule has 6 heteroatoms. The van der Waals surface area contributed by atoms with Gasteiger partial charge in [-0.2, -0.15) is 0 Å². The lowest BCUT2D eigenvalue weighted by molar-refractivity contribution is 0.457. The number of benzene rings is 1. The molecular formula is C15H23FN2O2S. The first-order valence-corrected chi connectivity index (χ1v) is 8.47. The second-order valence-corrected chi connectivity index (χ2v) is 8.48. The summed E-state index contributed by atoms with van der Waals surface area (Å²) >= 11 is 0. The summed E-state index contributed by atoms with van der Waals surface area (Å²) < 4.78 is 41.5. The van der Waals surface area contributed by atoms with Crippen LogP contribution in [0.3, 0.4) is 0 Å². The topological polar surface area (TPSA) is 58.2 Å². The summed E-state index contributed by atoms with van der Waals surface area (Å²) in [6.45, 7) is 8.52. The van der Waals surface area contributed by atoms with Crippen molar-refractivity contribution in [3.8, 4) is 0 Å². The molecule has 0 heterocycles. The van der Waals surface area contributed by atoms with Crippen LogP contribution in [0.2, 0.25) is 0 Å². The van der Waals surface area contributed by atoms with Crippen LogP contribution in [0.5, 0.6) is 0 Å². The van der Waals surface area contributed by atoms with Crippen molar-refractivity contribution in [1.29, 1.82) is 0 Å². The van der Waals surface area contributed by atoms with E-state index in [9.17, 15) is 12.8 Å². The van der Waals surface area contributed by atoms with Crippen molar-refractivity contribution in [3.63, 3.8) is 0 Å². The molecule has 4 nitrogen and oxygen atoms in total. The minimum absolute atomic E-state index is 0.136. The highest BCUT2D eigenvalue weighted by Crippen LogP contribution is 2.62. The second-order valence-electron chi connectivity index (χ2n) is 6.79. The zero-order chi connectivity index (χ0) is 16.1. The van der Waals surface area contributed by atoms with Gasteiger partial charge in [0.2, 0.25) is 10.0 Å². The van der Waals surface area contributed by atoms with Crippen molar-refractivity contribution in [2.45, 2.75) is 45.2 Å². The first-order chi connectivity index (χ1) is 9.54. The molecule has 0 unspecified atom stereocenters. The van der Waals surface area contributed by atoms with E-state index in [1.54, 1.807) is 13.1 Å². The van der Waals surface area contributed by atoms with Crippen molar-refractivity contribution in [1.82, 2.24) is 10.0 Å². The Morgan fingerprint density at radius 2 is 1.76 bits per heavy atom. The molecule has 21 heavy (non-hydrogen) atoms. The van der Waals surface area contributed by atoms with Crippen molar-refractivity contribution in [2.24, 2.45) is 10.8 Å². The maximum absolute atomic E-state index is 14.1. The van der Waals surface area contributed by atoms with E-state index in [1.807, 2.05) is 27.7 Å². The van der Waals surface area contributed by atoms with Crippen LogP contribution in [0.25, 0.3) is 0 Å². The SMILES string of the molecule is CNCc1ccc(S(=O)(=O)NC2C(C)(C)C2(C)C)c(F)c1. The van der Waals surface area contributed by atoms with E-state index in [0.717, 1.165) is 0 Å². The van der Waals surface area contributed by atoms with Crippen molar-refractivity contribution < 1.29 is 12.8 Å². The zero-order valence-electron chi connectivity index (χ0n) is 13.1. The molecule has 0 amide bonds. The van der Waals surface area contributed by atoms with Crippen LogP contribution in [0.1, 0.15) is 33.3 Å². The summed E-state index contributed by atoms with van der Waals surface area (Å²) in [7, 11) is -2.10. The Morgan fingerprint density at radius 1 is 1.19 bits per heavy atom. The number of sulfonamides is 1. The molecule has 0 radical (unpaired) electrons. The van der Waals surface area contributed by atoms with Gasteiger partial charge in [0.15, 0.2) is 0 Å². The van der Waals surface area contributed by atoms with Gasteiger partial charge in [-0.15, -0.1) is 0 Å². The molecule has 1 aromatic rings. The van der Waals surface area contributed by atoms with Gasteiger partial charge in [0, 0.05) is 12.6 Å². The van der Waals surface area contributed by atoms with Gasteiger partial charge in [0.25, 0.3) is 0 Å². The van der Waals surface area contributed by atoms with Gasteiger partial charge in [-0.3, -0.25) is 0 Å². The molecule has 0 aromatic heterocycles. The van der Waals surface area contributed by atoms with E-state index in [1.165, 1.54) is 12.1 Å². The summed E-state index contributed by atoms with van der Waals surface area (Å²) in [6.07, 6.45) is 0. The maximum atomic E-state index is 14.1. The fourth-order valence-electron chi connectivity index (χ4n) is 2.79. The molecule has 1 saturated carbocycles. The fourth-order valence-corrected chi connectivity index (χ4v) is 4.38. The van der Waals surface area contributed by atoms with Crippen molar-refractivity contribution in [3.05, 3.63) is 29.6 Å². The Labute approximate surface area is 126 Å². The van der Waals surface area contributed by atoms with Crippen molar-refractivity contribution in [2.75, 3.05) is 7.05 Å². The van der Waals surface area contributed by atoms with Crippen LogP contribution in [0, 0.1) is 16.6 Å². The minimum atomic E-state index is -3.85. The molecule has 118 valence electrons. The average Bonchev–Trinajstić information content (AvgIpc) is 2.71. The lowest BCUT2D eigenvalue weighted by Crippen LogP contribution is -2.30. The van der Waals surface area contributed by atoms with Gasteiger partial charge in [-0.1, -0.05) is 33.8 Å². The smallest absolute Gasteiger partial charge is 0.243 e. The fraction of sp³-hybridized carbons (Fsp3) is 0.600. The summed E-state index contributed by atoms with van der Waals surface area (Å²) in [6, 6.07) is 4.02. The quantitative estimate of drug-likeness (QED) is 0.876. The molecule has 1 aliphatic carbocycles. The number of rotatable bonds is 5. The van der Waals surface area contributed by atoms with Crippen LogP contribution in [0.4, 0.5) is 4.39 Å². The monoisotopic (exact) mass is 314 g/mol. The predicted molar refractivity (Wildman–Crippen MR) is 80.8 cm³/mol. The first-order valence-electron chi connectivity index (χ1n) is 6.99. The number of nitrogens with one attached hydrogen (secondary N) is 2. The van der Waals surface area contributed by atoms with Gasteiger partial charge in [0.1, 0.15) is 10.7 Å². The van der Waals surface area contributed by atoms with E-state index in [0.29, 0.717) is 12.1 Å². The Bertz CT molecular complexity index is 640. The Balaban J connectivity index is 2.25. The summed E-state index contributed by atoms with van der Waals surface area (Å²) in [4.78, 5) is -0.291. The van der Waals surface area contributed by atoms with Crippen LogP contribution < -0.4 is 10.0 Å².